The molecule has 0 heterocycles. The first-order chi connectivity index (χ1) is 9.79. The first-order valence-corrected chi connectivity index (χ1v) is 6.59. The average molecular weight is 352 g/mol. The summed E-state index contributed by atoms with van der Waals surface area (Å²) in [5.74, 6) is -3.25. The number of hydrogen-bond acceptors (Lipinski definition) is 2. The molecule has 0 saturated heterocycles. The fraction of sp³-hybridized carbons (Fsp3) is 0. The molecule has 21 heavy (non-hydrogen) atoms. The number of rotatable bonds is 3. The van der Waals surface area contributed by atoms with E-state index in [1.54, 1.807) is 0 Å². The maximum Gasteiger partial charge on any atom is 0.198 e. The lowest BCUT2D eigenvalue weighted by Crippen LogP contribution is -2.12. The highest BCUT2D eigenvalue weighted by molar-refractivity contribution is 6.43. The Morgan fingerprint density at radius 2 is 1.48 bits per heavy atom. The van der Waals surface area contributed by atoms with E-state index in [0.29, 0.717) is 0 Å². The predicted molar refractivity (Wildman–Crippen MR) is 78.9 cm³/mol. The molecule has 0 unspecified atom stereocenters. The molecule has 3 N–H and O–H groups in total. The molecule has 0 amide bonds. The van der Waals surface area contributed by atoms with E-state index >= 15 is 0 Å². The second-order valence-electron chi connectivity index (χ2n) is 3.98. The predicted octanol–water partition coefficient (Wildman–Crippen LogP) is 5.00. The van der Waals surface area contributed by atoms with Crippen LogP contribution < -0.4 is 10.5 Å². The summed E-state index contributed by atoms with van der Waals surface area (Å²) in [5, 5.41) is 7.50. The van der Waals surface area contributed by atoms with Crippen molar-refractivity contribution in [3.63, 3.8) is 0 Å². The summed E-state index contributed by atoms with van der Waals surface area (Å²) in [6, 6.07) is 4.29. The van der Waals surface area contributed by atoms with Crippen molar-refractivity contribution in [2.24, 2.45) is 5.73 Å². The van der Waals surface area contributed by atoms with Crippen LogP contribution in [0.15, 0.2) is 24.3 Å². The van der Waals surface area contributed by atoms with Gasteiger partial charge in [-0.25, -0.2) is 8.78 Å². The van der Waals surface area contributed by atoms with E-state index in [4.69, 9.17) is 50.7 Å². The van der Waals surface area contributed by atoms with Crippen molar-refractivity contribution in [1.82, 2.24) is 0 Å². The normalized spacial score (nSPS) is 10.5. The molecule has 0 saturated carbocycles. The minimum absolute atomic E-state index is 0.0406. The zero-order chi connectivity index (χ0) is 15.7. The summed E-state index contributed by atoms with van der Waals surface area (Å²) in [7, 11) is 0. The van der Waals surface area contributed by atoms with E-state index in [1.807, 2.05) is 0 Å². The largest absolute Gasteiger partial charge is 0.450 e. The number of halogens is 5. The van der Waals surface area contributed by atoms with Gasteiger partial charge in [0.05, 0.1) is 15.1 Å². The fourth-order valence-electron chi connectivity index (χ4n) is 1.51. The van der Waals surface area contributed by atoms with Crippen LogP contribution in [0.25, 0.3) is 0 Å². The van der Waals surface area contributed by atoms with E-state index in [1.165, 1.54) is 12.1 Å². The second kappa shape index (κ2) is 6.05. The Bertz CT molecular complexity index is 715. The number of nitrogens with one attached hydrogen (secondary N) is 1. The molecule has 0 aliphatic carbocycles. The van der Waals surface area contributed by atoms with Gasteiger partial charge in [-0.05, 0) is 18.2 Å². The topological polar surface area (TPSA) is 59.1 Å². The Hall–Kier alpha value is -1.56. The zero-order valence-corrected chi connectivity index (χ0v) is 12.5. The molecular formula is C13H7Cl3F2N2O. The highest BCUT2D eigenvalue weighted by Crippen LogP contribution is 2.38. The molecular weight excluding hydrogens is 345 g/mol. The van der Waals surface area contributed by atoms with Gasteiger partial charge in [0.15, 0.2) is 17.4 Å². The SMILES string of the molecule is N=C(N)c1cc(F)c(Oc2cc(Cl)c(Cl)cc2Cl)c(F)c1. The van der Waals surface area contributed by atoms with Crippen molar-refractivity contribution in [2.75, 3.05) is 0 Å². The highest BCUT2D eigenvalue weighted by atomic mass is 35.5. The lowest BCUT2D eigenvalue weighted by Gasteiger charge is -2.11. The molecule has 2 aromatic carbocycles. The van der Waals surface area contributed by atoms with Crippen molar-refractivity contribution < 1.29 is 13.5 Å². The number of nitrogens with two attached hydrogens (primary N) is 1. The molecule has 110 valence electrons. The second-order valence-corrected chi connectivity index (χ2v) is 5.20. The van der Waals surface area contributed by atoms with Gasteiger partial charge in [-0.15, -0.1) is 0 Å². The van der Waals surface area contributed by atoms with Gasteiger partial charge in [0.25, 0.3) is 0 Å². The van der Waals surface area contributed by atoms with Gasteiger partial charge in [-0.3, -0.25) is 5.41 Å². The van der Waals surface area contributed by atoms with Gasteiger partial charge in [-0.1, -0.05) is 34.8 Å². The van der Waals surface area contributed by atoms with Crippen molar-refractivity contribution >= 4 is 40.6 Å². The van der Waals surface area contributed by atoms with Crippen LogP contribution in [0.1, 0.15) is 5.56 Å². The third kappa shape index (κ3) is 3.37. The Labute approximate surface area is 133 Å². The van der Waals surface area contributed by atoms with Gasteiger partial charge in [-0.2, -0.15) is 0 Å². The summed E-state index contributed by atoms with van der Waals surface area (Å²) in [6.45, 7) is 0. The van der Waals surface area contributed by atoms with Crippen LogP contribution >= 0.6 is 34.8 Å². The quantitative estimate of drug-likeness (QED) is 0.464. The first kappa shape index (κ1) is 15.8. The van der Waals surface area contributed by atoms with Gasteiger partial charge in [0.2, 0.25) is 0 Å². The minimum Gasteiger partial charge on any atom is -0.450 e. The molecule has 0 atom stereocenters. The maximum absolute atomic E-state index is 13.8. The van der Waals surface area contributed by atoms with Crippen molar-refractivity contribution in [3.05, 3.63) is 56.5 Å². The van der Waals surface area contributed by atoms with Crippen LogP contribution in [-0.2, 0) is 0 Å². The van der Waals surface area contributed by atoms with Crippen molar-refractivity contribution in [1.29, 1.82) is 5.41 Å². The Morgan fingerprint density at radius 1 is 0.952 bits per heavy atom. The Kier molecular flexibility index (Phi) is 4.56. The van der Waals surface area contributed by atoms with Crippen LogP contribution in [0.3, 0.4) is 0 Å². The molecule has 0 fully saturated rings. The van der Waals surface area contributed by atoms with Gasteiger partial charge >= 0.3 is 0 Å². The monoisotopic (exact) mass is 350 g/mol. The summed E-state index contributed by atoms with van der Waals surface area (Å²) in [6.07, 6.45) is 0. The lowest BCUT2D eigenvalue weighted by atomic mass is 10.2. The molecule has 2 rings (SSSR count). The number of amidine groups is 1. The van der Waals surface area contributed by atoms with Gasteiger partial charge < -0.3 is 10.5 Å². The van der Waals surface area contributed by atoms with Gasteiger partial charge in [0, 0.05) is 11.6 Å². The van der Waals surface area contributed by atoms with E-state index in [9.17, 15) is 8.78 Å². The number of ether oxygens (including phenoxy) is 1. The number of hydrogen-bond donors (Lipinski definition) is 2. The molecule has 0 spiro atoms. The molecule has 0 radical (unpaired) electrons. The number of benzene rings is 2. The summed E-state index contributed by atoms with van der Waals surface area (Å²) < 4.78 is 32.8. The smallest absolute Gasteiger partial charge is 0.198 e. The zero-order valence-electron chi connectivity index (χ0n) is 10.2. The molecule has 0 aliphatic rings. The van der Waals surface area contributed by atoms with Crippen molar-refractivity contribution in [2.45, 2.75) is 0 Å². The average Bonchev–Trinajstić information content (AvgIpc) is 2.39. The summed E-state index contributed by atoms with van der Waals surface area (Å²) in [4.78, 5) is 0. The molecule has 0 aromatic heterocycles. The van der Waals surface area contributed by atoms with Gasteiger partial charge in [0.1, 0.15) is 11.6 Å². The highest BCUT2D eigenvalue weighted by Gasteiger charge is 2.17. The van der Waals surface area contributed by atoms with Crippen LogP contribution in [0.4, 0.5) is 8.78 Å². The third-order valence-corrected chi connectivity index (χ3v) is 3.51. The van der Waals surface area contributed by atoms with Crippen LogP contribution in [0.5, 0.6) is 11.5 Å². The van der Waals surface area contributed by atoms with Crippen LogP contribution in [0, 0.1) is 17.0 Å². The lowest BCUT2D eigenvalue weighted by molar-refractivity contribution is 0.407. The minimum atomic E-state index is -1.03. The fourth-order valence-corrected chi connectivity index (χ4v) is 2.08. The summed E-state index contributed by atoms with van der Waals surface area (Å²) >= 11 is 17.4. The van der Waals surface area contributed by atoms with E-state index < -0.39 is 23.2 Å². The molecule has 8 heteroatoms. The third-order valence-electron chi connectivity index (χ3n) is 2.50. The van der Waals surface area contributed by atoms with Crippen molar-refractivity contribution in [3.8, 4) is 11.5 Å². The Balaban J connectivity index is 2.45. The molecule has 0 aliphatic heterocycles. The molecule has 0 bridgehead atoms. The first-order valence-electron chi connectivity index (χ1n) is 5.45. The van der Waals surface area contributed by atoms with Crippen LogP contribution in [-0.4, -0.2) is 5.84 Å². The van der Waals surface area contributed by atoms with E-state index in [-0.39, 0.29) is 26.4 Å². The standard InChI is InChI=1S/C13H7Cl3F2N2O/c14-6-3-8(16)11(4-7(6)15)21-12-9(17)1-5(13(19)20)2-10(12)18/h1-4H,(H3,19,20). The molecule has 3 nitrogen and oxygen atoms in total. The number of nitrogen functional groups attached to an aromatic ring is 1. The molecule has 2 aromatic rings. The van der Waals surface area contributed by atoms with E-state index in [2.05, 4.69) is 0 Å². The van der Waals surface area contributed by atoms with E-state index in [0.717, 1.165) is 12.1 Å². The Morgan fingerprint density at radius 3 is 2.00 bits per heavy atom. The summed E-state index contributed by atoms with van der Waals surface area (Å²) in [5.41, 5.74) is 5.07. The van der Waals surface area contributed by atoms with Crippen LogP contribution in [0.2, 0.25) is 15.1 Å². The maximum atomic E-state index is 13.8.